The summed E-state index contributed by atoms with van der Waals surface area (Å²) < 4.78 is 0. The van der Waals surface area contributed by atoms with Crippen LogP contribution < -0.4 is 4.90 Å². The number of carboxylic acids is 1. The van der Waals surface area contributed by atoms with Crippen molar-refractivity contribution in [2.45, 2.75) is 24.8 Å². The first-order valence-electron chi connectivity index (χ1n) is 9.52. The van der Waals surface area contributed by atoms with Gasteiger partial charge in [-0.2, -0.15) is 0 Å². The van der Waals surface area contributed by atoms with Gasteiger partial charge in [-0.15, -0.1) is 11.8 Å². The van der Waals surface area contributed by atoms with Crippen molar-refractivity contribution in [1.29, 1.82) is 0 Å². The molecule has 1 saturated heterocycles. The van der Waals surface area contributed by atoms with Crippen LogP contribution in [0.1, 0.15) is 22.8 Å². The molecule has 3 rings (SSSR count). The number of amides is 1. The van der Waals surface area contributed by atoms with Crippen molar-refractivity contribution in [2.24, 2.45) is 0 Å². The molecule has 0 aromatic heterocycles. The van der Waals surface area contributed by atoms with Crippen molar-refractivity contribution in [3.63, 3.8) is 0 Å². The van der Waals surface area contributed by atoms with E-state index in [1.54, 1.807) is 4.90 Å². The van der Waals surface area contributed by atoms with Gasteiger partial charge >= 0.3 is 5.97 Å². The van der Waals surface area contributed by atoms with E-state index >= 15 is 0 Å². The number of carbonyl (C=O) groups excluding carboxylic acids is 1. The molecular formula is C21H23N3O5S. The number of aryl methyl sites for hydroxylation is 1. The lowest BCUT2D eigenvalue weighted by Crippen LogP contribution is -2.53. The van der Waals surface area contributed by atoms with Crippen molar-refractivity contribution in [3.05, 3.63) is 63.7 Å². The number of rotatable bonds is 6. The molecule has 158 valence electrons. The smallest absolute Gasteiger partial charge is 0.313 e. The van der Waals surface area contributed by atoms with Gasteiger partial charge in [0.05, 0.1) is 15.6 Å². The molecule has 0 radical (unpaired) electrons. The van der Waals surface area contributed by atoms with Gasteiger partial charge in [0.1, 0.15) is 0 Å². The summed E-state index contributed by atoms with van der Waals surface area (Å²) in [6.45, 7) is 5.79. The Morgan fingerprint density at radius 3 is 2.63 bits per heavy atom. The Morgan fingerprint density at radius 2 is 2.00 bits per heavy atom. The number of thioether (sulfide) groups is 1. The van der Waals surface area contributed by atoms with Crippen LogP contribution in [0, 0.1) is 17.0 Å². The lowest BCUT2D eigenvalue weighted by molar-refractivity contribution is -0.387. The minimum atomic E-state index is -1.06. The molecule has 1 fully saturated rings. The number of nitrogens with zero attached hydrogens (tertiary/aromatic N) is 3. The van der Waals surface area contributed by atoms with Crippen LogP contribution >= 0.6 is 11.8 Å². The molecule has 0 aliphatic carbocycles. The Balaban J connectivity index is 1.74. The third-order valence-electron chi connectivity index (χ3n) is 5.00. The molecular weight excluding hydrogens is 406 g/mol. The number of piperazine rings is 1. The normalized spacial score (nSPS) is 16.4. The molecule has 1 N–H and O–H groups in total. The van der Waals surface area contributed by atoms with Crippen LogP contribution in [0.2, 0.25) is 0 Å². The number of nitro groups is 1. The van der Waals surface area contributed by atoms with E-state index in [0.717, 1.165) is 17.4 Å². The highest BCUT2D eigenvalue weighted by Gasteiger charge is 2.29. The molecule has 0 spiro atoms. The SMILES string of the molecule is Cc1cccc(N2CCN(C(=O)c3ccc(SCC(=O)O)c([N+](=O)[O-])c3)C[C@@H]2C)c1. The molecule has 2 aromatic carbocycles. The lowest BCUT2D eigenvalue weighted by atomic mass is 10.1. The average molecular weight is 429 g/mol. The van der Waals surface area contributed by atoms with E-state index in [-0.39, 0.29) is 33.8 Å². The Kier molecular flexibility index (Phi) is 6.61. The van der Waals surface area contributed by atoms with Gasteiger partial charge < -0.3 is 14.9 Å². The van der Waals surface area contributed by atoms with Crippen LogP contribution in [0.4, 0.5) is 11.4 Å². The molecule has 9 heteroatoms. The maximum absolute atomic E-state index is 13.0. The molecule has 1 aliphatic rings. The molecule has 2 aromatic rings. The predicted molar refractivity (Wildman–Crippen MR) is 115 cm³/mol. The van der Waals surface area contributed by atoms with Crippen LogP contribution in [0.15, 0.2) is 47.4 Å². The van der Waals surface area contributed by atoms with Crippen LogP contribution in [0.25, 0.3) is 0 Å². The second-order valence-electron chi connectivity index (χ2n) is 7.25. The van der Waals surface area contributed by atoms with Crippen LogP contribution in [-0.4, -0.2) is 58.2 Å². The highest BCUT2D eigenvalue weighted by molar-refractivity contribution is 8.00. The highest BCUT2D eigenvalue weighted by atomic mass is 32.2. The Morgan fingerprint density at radius 1 is 1.23 bits per heavy atom. The van der Waals surface area contributed by atoms with E-state index in [0.29, 0.717) is 19.6 Å². The zero-order valence-corrected chi connectivity index (χ0v) is 17.6. The van der Waals surface area contributed by atoms with Crippen molar-refractivity contribution in [3.8, 4) is 0 Å². The third-order valence-corrected chi connectivity index (χ3v) is 6.05. The molecule has 1 atom stereocenters. The van der Waals surface area contributed by atoms with E-state index in [9.17, 15) is 19.7 Å². The van der Waals surface area contributed by atoms with E-state index in [4.69, 9.17) is 5.11 Å². The number of carbonyl (C=O) groups is 2. The standard InChI is InChI=1S/C21H23N3O5S/c1-14-4-3-5-17(10-14)23-9-8-22(12-15(23)2)21(27)16-6-7-19(30-13-20(25)26)18(11-16)24(28)29/h3-7,10-11,15H,8-9,12-13H2,1-2H3,(H,25,26)/t15-/m0/s1. The Hall–Kier alpha value is -3.07. The number of nitro benzene ring substituents is 1. The highest BCUT2D eigenvalue weighted by Crippen LogP contribution is 2.31. The number of anilines is 1. The van der Waals surface area contributed by atoms with Crippen LogP contribution in [-0.2, 0) is 4.79 Å². The van der Waals surface area contributed by atoms with Crippen molar-refractivity contribution < 1.29 is 19.6 Å². The molecule has 30 heavy (non-hydrogen) atoms. The minimum Gasteiger partial charge on any atom is -0.481 e. The molecule has 0 saturated carbocycles. The largest absolute Gasteiger partial charge is 0.481 e. The zero-order valence-electron chi connectivity index (χ0n) is 16.8. The maximum atomic E-state index is 13.0. The van der Waals surface area contributed by atoms with Gasteiger partial charge in [0.15, 0.2) is 0 Å². The molecule has 8 nitrogen and oxygen atoms in total. The summed E-state index contributed by atoms with van der Waals surface area (Å²) in [5.74, 6) is -1.61. The van der Waals surface area contributed by atoms with Crippen molar-refractivity contribution >= 4 is 35.0 Å². The summed E-state index contributed by atoms with van der Waals surface area (Å²) in [6, 6.07) is 12.5. The van der Waals surface area contributed by atoms with E-state index in [1.807, 2.05) is 19.1 Å². The monoisotopic (exact) mass is 429 g/mol. The number of hydrogen-bond donors (Lipinski definition) is 1. The number of hydrogen-bond acceptors (Lipinski definition) is 6. The first kappa shape index (κ1) is 21.6. The van der Waals surface area contributed by atoms with Crippen LogP contribution in [0.5, 0.6) is 0 Å². The fraction of sp³-hybridized carbons (Fsp3) is 0.333. The zero-order chi connectivity index (χ0) is 21.8. The van der Waals surface area contributed by atoms with Gasteiger partial charge in [-0.3, -0.25) is 19.7 Å². The average Bonchev–Trinajstić information content (AvgIpc) is 2.71. The van der Waals surface area contributed by atoms with E-state index in [2.05, 4.69) is 24.0 Å². The van der Waals surface area contributed by atoms with Gasteiger partial charge in [-0.1, -0.05) is 12.1 Å². The summed E-state index contributed by atoms with van der Waals surface area (Å²) in [5.41, 5.74) is 2.27. The van der Waals surface area contributed by atoms with Crippen molar-refractivity contribution in [2.75, 3.05) is 30.3 Å². The first-order chi connectivity index (χ1) is 14.3. The lowest BCUT2D eigenvalue weighted by Gasteiger charge is -2.41. The van der Waals surface area contributed by atoms with Gasteiger partial charge in [0.25, 0.3) is 11.6 Å². The molecule has 1 aliphatic heterocycles. The Bertz CT molecular complexity index is 981. The Labute approximate surface area is 178 Å². The predicted octanol–water partition coefficient (Wildman–Crippen LogP) is 3.43. The third kappa shape index (κ3) is 4.91. The topological polar surface area (TPSA) is 104 Å². The van der Waals surface area contributed by atoms with Crippen LogP contribution in [0.3, 0.4) is 0 Å². The fourth-order valence-corrected chi connectivity index (χ4v) is 4.29. The van der Waals surface area contributed by atoms with E-state index in [1.165, 1.54) is 23.8 Å². The summed E-state index contributed by atoms with van der Waals surface area (Å²) in [4.78, 5) is 38.8. The number of aliphatic carboxylic acids is 1. The second kappa shape index (κ2) is 9.17. The molecule has 1 heterocycles. The van der Waals surface area contributed by atoms with Gasteiger partial charge in [0.2, 0.25) is 0 Å². The minimum absolute atomic E-state index is 0.102. The molecule has 0 unspecified atom stereocenters. The van der Waals surface area contributed by atoms with Gasteiger partial charge in [-0.05, 0) is 43.7 Å². The fourth-order valence-electron chi connectivity index (χ4n) is 3.57. The van der Waals surface area contributed by atoms with Gasteiger partial charge in [0, 0.05) is 43.0 Å². The summed E-state index contributed by atoms with van der Waals surface area (Å²) in [5, 5.41) is 20.2. The second-order valence-corrected chi connectivity index (χ2v) is 8.27. The quantitative estimate of drug-likeness (QED) is 0.426. The van der Waals surface area contributed by atoms with Crippen molar-refractivity contribution in [1.82, 2.24) is 4.90 Å². The van der Waals surface area contributed by atoms with E-state index < -0.39 is 10.9 Å². The first-order valence-corrected chi connectivity index (χ1v) is 10.5. The molecule has 1 amide bonds. The maximum Gasteiger partial charge on any atom is 0.313 e. The number of carboxylic acid groups (broad SMARTS) is 1. The van der Waals surface area contributed by atoms with Gasteiger partial charge in [-0.25, -0.2) is 0 Å². The summed E-state index contributed by atoms with van der Waals surface area (Å²) in [7, 11) is 0. The summed E-state index contributed by atoms with van der Waals surface area (Å²) in [6.07, 6.45) is 0. The summed E-state index contributed by atoms with van der Waals surface area (Å²) >= 11 is 0.866. The molecule has 0 bridgehead atoms. The number of benzene rings is 2.